The molecule has 1 aromatic heterocycles. The molecule has 1 aliphatic carbocycles. The Morgan fingerprint density at radius 3 is 2.81 bits per heavy atom. The molecule has 2 fully saturated rings. The van der Waals surface area contributed by atoms with E-state index in [0.29, 0.717) is 36.9 Å². The Labute approximate surface area is 185 Å². The summed E-state index contributed by atoms with van der Waals surface area (Å²) in [6.07, 6.45) is 2.53. The number of hydrogen-bond acceptors (Lipinski definition) is 5. The third-order valence-corrected chi connectivity index (χ3v) is 5.80. The highest BCUT2D eigenvalue weighted by molar-refractivity contribution is 6.01. The van der Waals surface area contributed by atoms with Crippen molar-refractivity contribution in [1.29, 1.82) is 5.26 Å². The first-order chi connectivity index (χ1) is 15.5. The standard InChI is InChI=1S/C22H26N6O4/c1-32-19-4-2-3-16-15(19)10-18(26-16)21(30)27-17(9-13-5-6-13)20(29)25-14(11-23)12-28-8-7-24-22(28)31/h2-4,10,13-14,17,26H,5-9,12H2,1H3,(H,24,31)(H,25,29)(H,27,30). The number of urea groups is 1. The first-order valence-corrected chi connectivity index (χ1v) is 10.7. The first-order valence-electron chi connectivity index (χ1n) is 10.7. The predicted octanol–water partition coefficient (Wildman–Crippen LogP) is 1.11. The van der Waals surface area contributed by atoms with Crippen molar-refractivity contribution in [3.63, 3.8) is 0 Å². The lowest BCUT2D eigenvalue weighted by molar-refractivity contribution is -0.123. The van der Waals surface area contributed by atoms with Crippen LogP contribution in [0.4, 0.5) is 4.79 Å². The van der Waals surface area contributed by atoms with E-state index in [0.717, 1.165) is 23.7 Å². The highest BCUT2D eigenvalue weighted by Gasteiger charge is 2.32. The van der Waals surface area contributed by atoms with Crippen LogP contribution in [0.5, 0.6) is 5.75 Å². The van der Waals surface area contributed by atoms with Gasteiger partial charge in [0.05, 0.1) is 19.7 Å². The van der Waals surface area contributed by atoms with E-state index in [9.17, 15) is 19.6 Å². The second kappa shape index (κ2) is 9.18. The monoisotopic (exact) mass is 438 g/mol. The van der Waals surface area contributed by atoms with Gasteiger partial charge in [-0.25, -0.2) is 4.79 Å². The molecule has 10 nitrogen and oxygen atoms in total. The maximum atomic E-state index is 12.9. The average molecular weight is 438 g/mol. The lowest BCUT2D eigenvalue weighted by atomic mass is 10.1. The van der Waals surface area contributed by atoms with Crippen LogP contribution in [0.1, 0.15) is 29.8 Å². The van der Waals surface area contributed by atoms with Gasteiger partial charge in [0.25, 0.3) is 5.91 Å². The molecule has 4 N–H and O–H groups in total. The summed E-state index contributed by atoms with van der Waals surface area (Å²) in [5, 5.41) is 18.4. The van der Waals surface area contributed by atoms with Crippen molar-refractivity contribution in [3.8, 4) is 11.8 Å². The van der Waals surface area contributed by atoms with Crippen molar-refractivity contribution in [2.24, 2.45) is 5.92 Å². The molecule has 2 atom stereocenters. The molecule has 32 heavy (non-hydrogen) atoms. The van der Waals surface area contributed by atoms with E-state index in [1.807, 2.05) is 24.3 Å². The Morgan fingerprint density at radius 1 is 1.34 bits per heavy atom. The van der Waals surface area contributed by atoms with Gasteiger partial charge in [-0.3, -0.25) is 9.59 Å². The van der Waals surface area contributed by atoms with E-state index in [-0.39, 0.29) is 12.6 Å². The molecular formula is C22H26N6O4. The second-order valence-electron chi connectivity index (χ2n) is 8.18. The van der Waals surface area contributed by atoms with Gasteiger partial charge >= 0.3 is 6.03 Å². The molecule has 1 aliphatic heterocycles. The Bertz CT molecular complexity index is 1070. The Balaban J connectivity index is 1.44. The Kier molecular flexibility index (Phi) is 6.16. The number of aromatic amines is 1. The maximum absolute atomic E-state index is 12.9. The summed E-state index contributed by atoms with van der Waals surface area (Å²) in [6, 6.07) is 7.32. The number of H-pyrrole nitrogens is 1. The number of carbonyl (C=O) groups is 3. The molecule has 2 unspecified atom stereocenters. The lowest BCUT2D eigenvalue weighted by Gasteiger charge is -2.22. The molecule has 4 rings (SSSR count). The van der Waals surface area contributed by atoms with Gasteiger partial charge < -0.3 is 30.6 Å². The molecule has 2 aliphatic rings. The largest absolute Gasteiger partial charge is 0.496 e. The highest BCUT2D eigenvalue weighted by Crippen LogP contribution is 2.33. The van der Waals surface area contributed by atoms with Crippen LogP contribution < -0.4 is 20.7 Å². The van der Waals surface area contributed by atoms with E-state index in [2.05, 4.69) is 20.9 Å². The van der Waals surface area contributed by atoms with Gasteiger partial charge in [0.2, 0.25) is 5.91 Å². The summed E-state index contributed by atoms with van der Waals surface area (Å²) in [5.74, 6) is 0.188. The number of nitriles is 1. The zero-order valence-corrected chi connectivity index (χ0v) is 17.8. The van der Waals surface area contributed by atoms with E-state index in [1.165, 1.54) is 4.90 Å². The van der Waals surface area contributed by atoms with Gasteiger partial charge in [0.15, 0.2) is 0 Å². The normalized spacial score (nSPS) is 17.4. The van der Waals surface area contributed by atoms with Crippen LogP contribution in [-0.4, -0.2) is 66.6 Å². The number of methoxy groups -OCH3 is 1. The number of nitrogens with one attached hydrogen (secondary N) is 4. The summed E-state index contributed by atoms with van der Waals surface area (Å²) in [4.78, 5) is 42.2. The number of nitrogens with zero attached hydrogens (tertiary/aromatic N) is 2. The third-order valence-electron chi connectivity index (χ3n) is 5.80. The average Bonchev–Trinajstić information content (AvgIpc) is 3.35. The lowest BCUT2D eigenvalue weighted by Crippen LogP contribution is -2.52. The number of rotatable bonds is 9. The molecule has 0 radical (unpaired) electrons. The quantitative estimate of drug-likeness (QED) is 0.464. The maximum Gasteiger partial charge on any atom is 0.317 e. The van der Waals surface area contributed by atoms with Crippen LogP contribution >= 0.6 is 0 Å². The number of ether oxygens (including phenoxy) is 1. The van der Waals surface area contributed by atoms with Gasteiger partial charge in [-0.05, 0) is 30.5 Å². The molecule has 1 saturated heterocycles. The van der Waals surface area contributed by atoms with Crippen molar-refractivity contribution >= 4 is 28.7 Å². The van der Waals surface area contributed by atoms with Gasteiger partial charge in [-0.1, -0.05) is 18.9 Å². The Morgan fingerprint density at radius 2 is 2.16 bits per heavy atom. The van der Waals surface area contributed by atoms with E-state index < -0.39 is 23.9 Å². The van der Waals surface area contributed by atoms with Crippen molar-refractivity contribution in [2.75, 3.05) is 26.7 Å². The van der Waals surface area contributed by atoms with Crippen LogP contribution in [0.15, 0.2) is 24.3 Å². The van der Waals surface area contributed by atoms with Crippen LogP contribution in [0.2, 0.25) is 0 Å². The molecule has 0 bridgehead atoms. The smallest absolute Gasteiger partial charge is 0.317 e. The second-order valence-corrected chi connectivity index (χ2v) is 8.18. The molecule has 2 aromatic rings. The zero-order valence-electron chi connectivity index (χ0n) is 17.8. The van der Waals surface area contributed by atoms with Crippen LogP contribution in [-0.2, 0) is 4.79 Å². The summed E-state index contributed by atoms with van der Waals surface area (Å²) in [5.41, 5.74) is 1.08. The first kappa shape index (κ1) is 21.5. The number of amides is 4. The summed E-state index contributed by atoms with van der Waals surface area (Å²) < 4.78 is 5.34. The van der Waals surface area contributed by atoms with Gasteiger partial charge in [-0.2, -0.15) is 5.26 Å². The highest BCUT2D eigenvalue weighted by atomic mass is 16.5. The summed E-state index contributed by atoms with van der Waals surface area (Å²) >= 11 is 0. The molecule has 168 valence electrons. The molecule has 10 heteroatoms. The number of aromatic nitrogens is 1. The topological polar surface area (TPSA) is 139 Å². The minimum absolute atomic E-state index is 0.0972. The molecular weight excluding hydrogens is 412 g/mol. The van der Waals surface area contributed by atoms with E-state index in [1.54, 1.807) is 13.2 Å². The minimum atomic E-state index is -0.859. The zero-order chi connectivity index (χ0) is 22.7. The summed E-state index contributed by atoms with van der Waals surface area (Å²) in [6.45, 7) is 1.10. The van der Waals surface area contributed by atoms with Gasteiger partial charge in [-0.15, -0.1) is 0 Å². The number of hydrogen-bond donors (Lipinski definition) is 4. The molecule has 1 aromatic carbocycles. The summed E-state index contributed by atoms with van der Waals surface area (Å²) in [7, 11) is 1.56. The third kappa shape index (κ3) is 4.77. The number of fused-ring (bicyclic) bond motifs is 1. The van der Waals surface area contributed by atoms with Crippen molar-refractivity contribution in [2.45, 2.75) is 31.3 Å². The molecule has 4 amide bonds. The van der Waals surface area contributed by atoms with Crippen molar-refractivity contribution < 1.29 is 19.1 Å². The van der Waals surface area contributed by atoms with Crippen LogP contribution in [0.3, 0.4) is 0 Å². The predicted molar refractivity (Wildman–Crippen MR) is 116 cm³/mol. The Hall–Kier alpha value is -3.74. The van der Waals surface area contributed by atoms with E-state index in [4.69, 9.17) is 4.74 Å². The van der Waals surface area contributed by atoms with E-state index >= 15 is 0 Å². The minimum Gasteiger partial charge on any atom is -0.496 e. The number of benzene rings is 1. The van der Waals surface area contributed by atoms with Crippen molar-refractivity contribution in [1.82, 2.24) is 25.8 Å². The number of carbonyl (C=O) groups excluding carboxylic acids is 3. The molecule has 0 spiro atoms. The van der Waals surface area contributed by atoms with Gasteiger partial charge in [0.1, 0.15) is 23.5 Å². The van der Waals surface area contributed by atoms with Gasteiger partial charge in [0, 0.05) is 24.0 Å². The molecule has 2 heterocycles. The SMILES string of the molecule is COc1cccc2[nH]c(C(=O)NC(CC3CC3)C(=O)NC(C#N)CN3CCNC3=O)cc12. The fraction of sp³-hybridized carbons (Fsp3) is 0.455. The van der Waals surface area contributed by atoms with Crippen LogP contribution in [0, 0.1) is 17.2 Å². The van der Waals surface area contributed by atoms with Crippen LogP contribution in [0.25, 0.3) is 10.9 Å². The fourth-order valence-corrected chi connectivity index (χ4v) is 3.88. The fourth-order valence-electron chi connectivity index (χ4n) is 3.88. The van der Waals surface area contributed by atoms with Crippen molar-refractivity contribution in [3.05, 3.63) is 30.0 Å². The molecule has 1 saturated carbocycles.